The predicted octanol–water partition coefficient (Wildman–Crippen LogP) is 1.51. The molecule has 160 valence electrons. The molecule has 1 aliphatic carbocycles. The number of benzene rings is 1. The molecule has 0 atom stereocenters. The fourth-order valence-corrected chi connectivity index (χ4v) is 4.15. The summed E-state index contributed by atoms with van der Waals surface area (Å²) < 4.78 is 5.69. The third-order valence-corrected chi connectivity index (χ3v) is 5.85. The van der Waals surface area contributed by atoms with Gasteiger partial charge in [-0.25, -0.2) is 9.97 Å². The Morgan fingerprint density at radius 1 is 1.13 bits per heavy atom. The molecule has 31 heavy (non-hydrogen) atoms. The molecule has 1 saturated heterocycles. The number of carbonyl (C=O) groups is 1. The second kappa shape index (κ2) is 8.81. The lowest BCUT2D eigenvalue weighted by Gasteiger charge is -2.39. The van der Waals surface area contributed by atoms with Crippen molar-refractivity contribution in [3.8, 4) is 0 Å². The normalized spacial score (nSPS) is 16.2. The lowest BCUT2D eigenvalue weighted by atomic mass is 10.0. The third kappa shape index (κ3) is 4.56. The molecule has 2 aliphatic rings. The summed E-state index contributed by atoms with van der Waals surface area (Å²) in [6.45, 7) is 2.64. The second-order valence-electron chi connectivity index (χ2n) is 8.18. The molecular weight excluding hydrogens is 394 g/mol. The van der Waals surface area contributed by atoms with E-state index in [4.69, 9.17) is 4.74 Å². The smallest absolute Gasteiger partial charge is 0.257 e. The number of nitrogens with zero attached hydrogens (tertiary/aromatic N) is 5. The van der Waals surface area contributed by atoms with Crippen molar-refractivity contribution in [3.05, 3.63) is 65.2 Å². The van der Waals surface area contributed by atoms with E-state index in [0.29, 0.717) is 49.8 Å². The first-order valence-electron chi connectivity index (χ1n) is 10.6. The van der Waals surface area contributed by atoms with Gasteiger partial charge in [0.25, 0.3) is 5.91 Å². The van der Waals surface area contributed by atoms with Gasteiger partial charge in [-0.3, -0.25) is 4.79 Å². The maximum atomic E-state index is 12.6. The summed E-state index contributed by atoms with van der Waals surface area (Å²) in [6, 6.07) is 8.77. The minimum atomic E-state index is -0.0290. The molecule has 9 nitrogen and oxygen atoms in total. The molecule has 2 N–H and O–H groups in total. The van der Waals surface area contributed by atoms with Crippen LogP contribution in [0.2, 0.25) is 0 Å². The Morgan fingerprint density at radius 3 is 2.55 bits per heavy atom. The SMILES string of the molecule is O=C(c1cnc(NC2Cc3ccccc3C2)nc1)N1CC(COCCc2cn[nH]n2)C1. The topological polar surface area (TPSA) is 109 Å². The fourth-order valence-electron chi connectivity index (χ4n) is 4.15. The van der Waals surface area contributed by atoms with Crippen LogP contribution in [0.25, 0.3) is 0 Å². The van der Waals surface area contributed by atoms with E-state index in [1.54, 1.807) is 18.6 Å². The molecule has 3 heterocycles. The molecule has 1 amide bonds. The highest BCUT2D eigenvalue weighted by Gasteiger charge is 2.31. The zero-order chi connectivity index (χ0) is 21.0. The molecule has 0 radical (unpaired) electrons. The number of hydrogen-bond acceptors (Lipinski definition) is 7. The molecule has 0 bridgehead atoms. The molecule has 0 spiro atoms. The van der Waals surface area contributed by atoms with E-state index in [-0.39, 0.29) is 5.91 Å². The van der Waals surface area contributed by atoms with Crippen LogP contribution in [0, 0.1) is 5.92 Å². The Bertz CT molecular complexity index is 992. The van der Waals surface area contributed by atoms with Crippen LogP contribution in [0.5, 0.6) is 0 Å². The number of likely N-dealkylation sites (tertiary alicyclic amines) is 1. The van der Waals surface area contributed by atoms with Crippen molar-refractivity contribution in [1.82, 2.24) is 30.3 Å². The minimum absolute atomic E-state index is 0.0290. The van der Waals surface area contributed by atoms with E-state index >= 15 is 0 Å². The van der Waals surface area contributed by atoms with E-state index < -0.39 is 0 Å². The molecule has 1 aliphatic heterocycles. The van der Waals surface area contributed by atoms with Gasteiger partial charge in [0.05, 0.1) is 30.7 Å². The Balaban J connectivity index is 1.04. The summed E-state index contributed by atoms with van der Waals surface area (Å²) in [7, 11) is 0. The Labute approximate surface area is 180 Å². The van der Waals surface area contributed by atoms with Crippen LogP contribution in [0.4, 0.5) is 5.95 Å². The van der Waals surface area contributed by atoms with Gasteiger partial charge in [-0.05, 0) is 24.0 Å². The average molecular weight is 419 g/mol. The van der Waals surface area contributed by atoms with Crippen molar-refractivity contribution < 1.29 is 9.53 Å². The number of ether oxygens (including phenoxy) is 1. The van der Waals surface area contributed by atoms with Crippen LogP contribution in [-0.4, -0.2) is 68.5 Å². The van der Waals surface area contributed by atoms with Gasteiger partial charge in [0.2, 0.25) is 5.95 Å². The van der Waals surface area contributed by atoms with Gasteiger partial charge in [-0.15, -0.1) is 0 Å². The van der Waals surface area contributed by atoms with Gasteiger partial charge in [0.15, 0.2) is 0 Å². The van der Waals surface area contributed by atoms with Crippen molar-refractivity contribution in [3.63, 3.8) is 0 Å². The van der Waals surface area contributed by atoms with Gasteiger partial charge in [-0.1, -0.05) is 24.3 Å². The zero-order valence-electron chi connectivity index (χ0n) is 17.2. The van der Waals surface area contributed by atoms with Crippen molar-refractivity contribution in [2.75, 3.05) is 31.6 Å². The average Bonchev–Trinajstić information content (AvgIpc) is 3.41. The first kappa shape index (κ1) is 19.6. The van der Waals surface area contributed by atoms with Gasteiger partial charge in [0, 0.05) is 43.9 Å². The quantitative estimate of drug-likeness (QED) is 0.533. The van der Waals surface area contributed by atoms with E-state index in [0.717, 1.165) is 25.0 Å². The number of rotatable bonds is 8. The molecule has 9 heteroatoms. The highest BCUT2D eigenvalue weighted by molar-refractivity contribution is 5.94. The molecule has 0 unspecified atom stereocenters. The monoisotopic (exact) mass is 419 g/mol. The third-order valence-electron chi connectivity index (χ3n) is 5.85. The second-order valence-corrected chi connectivity index (χ2v) is 8.18. The Morgan fingerprint density at radius 2 is 1.87 bits per heavy atom. The lowest BCUT2D eigenvalue weighted by Crippen LogP contribution is -2.51. The van der Waals surface area contributed by atoms with Crippen molar-refractivity contribution >= 4 is 11.9 Å². The summed E-state index contributed by atoms with van der Waals surface area (Å²) in [5.41, 5.74) is 4.16. The number of fused-ring (bicyclic) bond motifs is 1. The van der Waals surface area contributed by atoms with Crippen LogP contribution < -0.4 is 5.32 Å². The van der Waals surface area contributed by atoms with Crippen LogP contribution in [0.1, 0.15) is 27.2 Å². The summed E-state index contributed by atoms with van der Waals surface area (Å²) in [4.78, 5) is 23.2. The lowest BCUT2D eigenvalue weighted by molar-refractivity contribution is 0.0153. The number of aromatic nitrogens is 5. The number of anilines is 1. The maximum Gasteiger partial charge on any atom is 0.257 e. The van der Waals surface area contributed by atoms with Crippen molar-refractivity contribution in [2.45, 2.75) is 25.3 Å². The molecular formula is C22H25N7O2. The number of carbonyl (C=O) groups excluding carboxylic acids is 1. The van der Waals surface area contributed by atoms with E-state index in [1.165, 1.54) is 11.1 Å². The molecule has 1 aromatic carbocycles. The number of amides is 1. The van der Waals surface area contributed by atoms with Crippen LogP contribution in [0.15, 0.2) is 42.9 Å². The predicted molar refractivity (Wildman–Crippen MR) is 114 cm³/mol. The van der Waals surface area contributed by atoms with Crippen LogP contribution in [-0.2, 0) is 24.0 Å². The van der Waals surface area contributed by atoms with Crippen LogP contribution >= 0.6 is 0 Å². The molecule has 5 rings (SSSR count). The van der Waals surface area contributed by atoms with Crippen molar-refractivity contribution in [2.24, 2.45) is 5.92 Å². The van der Waals surface area contributed by atoms with E-state index in [2.05, 4.69) is 55.0 Å². The van der Waals surface area contributed by atoms with Gasteiger partial charge in [0.1, 0.15) is 0 Å². The van der Waals surface area contributed by atoms with E-state index in [1.807, 2.05) is 4.90 Å². The summed E-state index contributed by atoms with van der Waals surface area (Å²) in [5.74, 6) is 0.905. The minimum Gasteiger partial charge on any atom is -0.381 e. The molecule has 3 aromatic rings. The highest BCUT2D eigenvalue weighted by Crippen LogP contribution is 2.24. The number of hydrogen-bond donors (Lipinski definition) is 2. The largest absolute Gasteiger partial charge is 0.381 e. The van der Waals surface area contributed by atoms with Crippen molar-refractivity contribution in [1.29, 1.82) is 0 Å². The Hall–Kier alpha value is -3.33. The first-order valence-corrected chi connectivity index (χ1v) is 10.6. The Kier molecular flexibility index (Phi) is 5.57. The number of nitrogens with one attached hydrogen (secondary N) is 2. The standard InChI is InChI=1S/C22H25N7O2/c30-21(29-12-15(13-29)14-31-6-5-19-11-25-28-27-19)18-9-23-22(24-10-18)26-20-7-16-3-1-2-4-17(16)8-20/h1-4,9-11,15,20H,5-8,12-14H2,(H,23,24,26)(H,25,27,28). The zero-order valence-corrected chi connectivity index (χ0v) is 17.2. The summed E-state index contributed by atoms with van der Waals surface area (Å²) >= 11 is 0. The maximum absolute atomic E-state index is 12.6. The van der Waals surface area contributed by atoms with Crippen LogP contribution in [0.3, 0.4) is 0 Å². The first-order chi connectivity index (χ1) is 15.2. The summed E-state index contributed by atoms with van der Waals surface area (Å²) in [6.07, 6.45) is 7.59. The fraction of sp³-hybridized carbons (Fsp3) is 0.409. The van der Waals surface area contributed by atoms with Gasteiger partial charge >= 0.3 is 0 Å². The molecule has 1 fully saturated rings. The summed E-state index contributed by atoms with van der Waals surface area (Å²) in [5, 5.41) is 13.7. The number of H-pyrrole nitrogens is 1. The molecule has 2 aromatic heterocycles. The van der Waals surface area contributed by atoms with E-state index in [9.17, 15) is 4.79 Å². The molecule has 0 saturated carbocycles. The van der Waals surface area contributed by atoms with Gasteiger partial charge < -0.3 is 15.0 Å². The number of aromatic amines is 1. The highest BCUT2D eigenvalue weighted by atomic mass is 16.5. The van der Waals surface area contributed by atoms with Gasteiger partial charge in [-0.2, -0.15) is 15.4 Å².